The highest BCUT2D eigenvalue weighted by atomic mass is 35.5. The maximum absolute atomic E-state index is 10.9. The molecule has 1 amide bonds. The first-order valence-corrected chi connectivity index (χ1v) is 6.74. The molecular weight excluding hydrogens is 289 g/mol. The third-order valence-electron chi connectivity index (χ3n) is 2.49. The molecule has 0 unspecified atom stereocenters. The fraction of sp³-hybridized carbons (Fsp3) is 0.462. The van der Waals surface area contributed by atoms with Crippen molar-refractivity contribution in [1.82, 2.24) is 0 Å². The van der Waals surface area contributed by atoms with Gasteiger partial charge >= 0.3 is 6.09 Å². The first-order chi connectivity index (χ1) is 8.95. The molecule has 0 aliphatic carbocycles. The molecule has 0 heterocycles. The molecule has 0 aliphatic rings. The van der Waals surface area contributed by atoms with Crippen molar-refractivity contribution in [2.45, 2.75) is 32.5 Å². The summed E-state index contributed by atoms with van der Waals surface area (Å²) in [6.45, 7) is 4.19. The predicted octanol–water partition coefficient (Wildman–Crippen LogP) is 3.94. The van der Waals surface area contributed by atoms with E-state index in [-0.39, 0.29) is 0 Å². The lowest BCUT2D eigenvalue weighted by atomic mass is 10.0. The fourth-order valence-corrected chi connectivity index (χ4v) is 2.11. The molecule has 0 saturated heterocycles. The minimum Gasteiger partial charge on any atom is -0.444 e. The lowest BCUT2D eigenvalue weighted by molar-refractivity contribution is -0.0362. The topological polar surface area (TPSA) is 61.6 Å². The number of carbonyl (C=O) groups is 1. The summed E-state index contributed by atoms with van der Waals surface area (Å²) in [4.78, 5) is 10.9. The number of nitrogens with two attached hydrogens (primary N) is 1. The van der Waals surface area contributed by atoms with E-state index in [1.807, 2.05) is 6.92 Å². The fourth-order valence-electron chi connectivity index (χ4n) is 1.70. The zero-order valence-electron chi connectivity index (χ0n) is 10.9. The van der Waals surface area contributed by atoms with Crippen molar-refractivity contribution in [1.29, 1.82) is 0 Å². The van der Waals surface area contributed by atoms with Gasteiger partial charge in [0.1, 0.15) is 12.2 Å². The van der Waals surface area contributed by atoms with Gasteiger partial charge in [-0.2, -0.15) is 0 Å². The molecule has 2 atom stereocenters. The van der Waals surface area contributed by atoms with Crippen LogP contribution in [0.15, 0.2) is 18.2 Å². The molecule has 19 heavy (non-hydrogen) atoms. The maximum Gasteiger partial charge on any atom is 0.404 e. The highest BCUT2D eigenvalue weighted by Crippen LogP contribution is 2.32. The molecule has 0 spiro atoms. The van der Waals surface area contributed by atoms with E-state index < -0.39 is 18.3 Å². The second-order valence-electron chi connectivity index (χ2n) is 4.10. The molecule has 0 saturated carbocycles. The Kier molecular flexibility index (Phi) is 6.42. The van der Waals surface area contributed by atoms with Crippen molar-refractivity contribution in [3.8, 4) is 0 Å². The van der Waals surface area contributed by atoms with E-state index in [4.69, 9.17) is 38.4 Å². The minimum absolute atomic E-state index is 0.501. The van der Waals surface area contributed by atoms with Crippen molar-refractivity contribution >= 4 is 29.3 Å². The Morgan fingerprint density at radius 3 is 2.68 bits per heavy atom. The smallest absolute Gasteiger partial charge is 0.404 e. The average molecular weight is 306 g/mol. The van der Waals surface area contributed by atoms with Gasteiger partial charge in [-0.25, -0.2) is 4.79 Å². The quantitative estimate of drug-likeness (QED) is 0.865. The Hall–Kier alpha value is -0.970. The van der Waals surface area contributed by atoms with Crippen LogP contribution in [0.4, 0.5) is 4.79 Å². The van der Waals surface area contributed by atoms with Crippen LogP contribution in [-0.4, -0.2) is 18.8 Å². The monoisotopic (exact) mass is 305 g/mol. The molecule has 1 rings (SSSR count). The number of amides is 1. The van der Waals surface area contributed by atoms with E-state index in [1.165, 1.54) is 0 Å². The largest absolute Gasteiger partial charge is 0.444 e. The minimum atomic E-state index is -0.851. The zero-order chi connectivity index (χ0) is 14.4. The molecule has 0 bridgehead atoms. The Bertz CT molecular complexity index is 440. The van der Waals surface area contributed by atoms with Gasteiger partial charge in [0.2, 0.25) is 0 Å². The summed E-state index contributed by atoms with van der Waals surface area (Å²) in [5.74, 6) is 0. The van der Waals surface area contributed by atoms with Crippen molar-refractivity contribution in [2.75, 3.05) is 6.61 Å². The van der Waals surface area contributed by atoms with Gasteiger partial charge in [0.15, 0.2) is 0 Å². The van der Waals surface area contributed by atoms with E-state index in [0.29, 0.717) is 22.2 Å². The molecule has 1 aromatic carbocycles. The van der Waals surface area contributed by atoms with E-state index >= 15 is 0 Å². The van der Waals surface area contributed by atoms with E-state index in [9.17, 15) is 4.79 Å². The standard InChI is InChI=1S/C13H17Cl2NO3/c1-3-6-18-12(8(2)19-13(16)17)10-7-9(14)4-5-11(10)15/h4-5,7-8,12H,3,6H2,1-2H3,(H2,16,17)/t8-,12+/m0/s1. The van der Waals surface area contributed by atoms with Gasteiger partial charge in [-0.3, -0.25) is 0 Å². The highest BCUT2D eigenvalue weighted by Gasteiger charge is 2.25. The summed E-state index contributed by atoms with van der Waals surface area (Å²) < 4.78 is 10.7. The first-order valence-electron chi connectivity index (χ1n) is 5.98. The van der Waals surface area contributed by atoms with Gasteiger partial charge < -0.3 is 15.2 Å². The van der Waals surface area contributed by atoms with Crippen molar-refractivity contribution in [3.63, 3.8) is 0 Å². The number of carbonyl (C=O) groups excluding carboxylic acids is 1. The van der Waals surface area contributed by atoms with Crippen molar-refractivity contribution in [3.05, 3.63) is 33.8 Å². The van der Waals surface area contributed by atoms with E-state index in [1.54, 1.807) is 25.1 Å². The number of hydrogen-bond donors (Lipinski definition) is 1. The van der Waals surface area contributed by atoms with Gasteiger partial charge in [-0.1, -0.05) is 30.1 Å². The number of rotatable bonds is 6. The molecule has 6 heteroatoms. The van der Waals surface area contributed by atoms with Gasteiger partial charge in [-0.15, -0.1) is 0 Å². The van der Waals surface area contributed by atoms with Gasteiger partial charge in [0, 0.05) is 22.2 Å². The number of benzene rings is 1. The molecule has 4 nitrogen and oxygen atoms in total. The van der Waals surface area contributed by atoms with Crippen LogP contribution in [0.2, 0.25) is 10.0 Å². The first kappa shape index (κ1) is 16.1. The number of halogens is 2. The summed E-state index contributed by atoms with van der Waals surface area (Å²) in [5, 5.41) is 1.04. The van der Waals surface area contributed by atoms with Crippen molar-refractivity contribution < 1.29 is 14.3 Å². The summed E-state index contributed by atoms with van der Waals surface area (Å²) >= 11 is 12.1. The lowest BCUT2D eigenvalue weighted by Gasteiger charge is -2.25. The maximum atomic E-state index is 10.9. The molecule has 0 aromatic heterocycles. The Morgan fingerprint density at radius 1 is 1.42 bits per heavy atom. The second-order valence-corrected chi connectivity index (χ2v) is 4.94. The van der Waals surface area contributed by atoms with E-state index in [2.05, 4.69) is 0 Å². The van der Waals surface area contributed by atoms with Crippen LogP contribution in [0.5, 0.6) is 0 Å². The molecule has 0 radical (unpaired) electrons. The number of ether oxygens (including phenoxy) is 2. The van der Waals surface area contributed by atoms with Crippen LogP contribution in [0.25, 0.3) is 0 Å². The summed E-state index contributed by atoms with van der Waals surface area (Å²) in [5.41, 5.74) is 5.71. The molecule has 0 fully saturated rings. The summed E-state index contributed by atoms with van der Waals surface area (Å²) in [7, 11) is 0. The SMILES string of the molecule is CCCO[C@@H](c1cc(Cl)ccc1Cl)[C@H](C)OC(N)=O. The normalized spacial score (nSPS) is 13.9. The molecule has 1 aromatic rings. The van der Waals surface area contributed by atoms with Gasteiger partial charge in [-0.05, 0) is 31.5 Å². The highest BCUT2D eigenvalue weighted by molar-refractivity contribution is 6.33. The molecular formula is C13H17Cl2NO3. The van der Waals surface area contributed by atoms with Crippen LogP contribution >= 0.6 is 23.2 Å². The van der Waals surface area contributed by atoms with Crippen LogP contribution in [0, 0.1) is 0 Å². The second kappa shape index (κ2) is 7.58. The van der Waals surface area contributed by atoms with Crippen LogP contribution in [0.3, 0.4) is 0 Å². The molecule has 106 valence electrons. The van der Waals surface area contributed by atoms with Crippen LogP contribution < -0.4 is 5.73 Å². The van der Waals surface area contributed by atoms with Gasteiger partial charge in [0.25, 0.3) is 0 Å². The van der Waals surface area contributed by atoms with E-state index in [0.717, 1.165) is 6.42 Å². The van der Waals surface area contributed by atoms with Crippen LogP contribution in [0.1, 0.15) is 31.9 Å². The Morgan fingerprint density at radius 2 is 2.11 bits per heavy atom. The third-order valence-corrected chi connectivity index (χ3v) is 3.07. The molecule has 0 aliphatic heterocycles. The molecule has 2 N–H and O–H groups in total. The van der Waals surface area contributed by atoms with Crippen LogP contribution in [-0.2, 0) is 9.47 Å². The number of primary amides is 1. The third kappa shape index (κ3) is 4.90. The average Bonchev–Trinajstić information content (AvgIpc) is 2.33. The lowest BCUT2D eigenvalue weighted by Crippen LogP contribution is -2.28. The summed E-state index contributed by atoms with van der Waals surface area (Å²) in [6.07, 6.45) is -1.08. The number of hydrogen-bond acceptors (Lipinski definition) is 3. The summed E-state index contributed by atoms with van der Waals surface area (Å²) in [6, 6.07) is 5.06. The van der Waals surface area contributed by atoms with Crippen molar-refractivity contribution in [2.24, 2.45) is 5.73 Å². The van der Waals surface area contributed by atoms with Gasteiger partial charge in [0.05, 0.1) is 0 Å². The predicted molar refractivity (Wildman–Crippen MR) is 75.6 cm³/mol. The Labute approximate surface area is 122 Å². The zero-order valence-corrected chi connectivity index (χ0v) is 12.4. The Balaban J connectivity index is 3.00.